The zero-order valence-corrected chi connectivity index (χ0v) is 12.9. The molecule has 0 unspecified atom stereocenters. The smallest absolute Gasteiger partial charge is 0.271 e. The number of hydrazone groups is 1. The molecule has 0 spiro atoms. The lowest BCUT2D eigenvalue weighted by molar-refractivity contribution is -0.384. The maximum atomic E-state index is 10.9. The molecule has 22 heavy (non-hydrogen) atoms. The number of benzene rings is 1. The number of nitro benzene ring substituents is 1. The number of aromatic nitrogens is 1. The summed E-state index contributed by atoms with van der Waals surface area (Å²) in [7, 11) is 0. The highest BCUT2D eigenvalue weighted by Crippen LogP contribution is 2.22. The van der Waals surface area contributed by atoms with Crippen LogP contribution >= 0.6 is 12.2 Å². The Hall–Kier alpha value is -2.74. The van der Waals surface area contributed by atoms with E-state index >= 15 is 0 Å². The third-order valence-corrected chi connectivity index (χ3v) is 3.24. The Morgan fingerprint density at radius 1 is 1.45 bits per heavy atom. The number of nitrogens with one attached hydrogen (secondary N) is 1. The molecule has 0 aliphatic rings. The van der Waals surface area contributed by atoms with E-state index in [1.165, 1.54) is 12.1 Å². The lowest BCUT2D eigenvalue weighted by Crippen LogP contribution is -2.24. The Balaban J connectivity index is 2.42. The first-order valence-corrected chi connectivity index (χ1v) is 6.83. The number of hydrogen-bond donors (Lipinski definition) is 2. The van der Waals surface area contributed by atoms with Gasteiger partial charge in [0.2, 0.25) is 0 Å². The summed E-state index contributed by atoms with van der Waals surface area (Å²) in [5.41, 5.74) is 11.3. The molecule has 0 radical (unpaired) electrons. The molecule has 0 aliphatic heterocycles. The van der Waals surface area contributed by atoms with Crippen LogP contribution in [0.5, 0.6) is 0 Å². The molecule has 0 aliphatic carbocycles. The minimum atomic E-state index is -0.411. The van der Waals surface area contributed by atoms with E-state index in [4.69, 9.17) is 5.73 Å². The van der Waals surface area contributed by atoms with E-state index in [1.54, 1.807) is 12.3 Å². The summed E-state index contributed by atoms with van der Waals surface area (Å²) in [5, 5.41) is 14.9. The maximum absolute atomic E-state index is 10.9. The second-order valence-corrected chi connectivity index (χ2v) is 5.11. The molecule has 114 valence electrons. The van der Waals surface area contributed by atoms with Crippen molar-refractivity contribution in [1.29, 1.82) is 0 Å². The van der Waals surface area contributed by atoms with Crippen LogP contribution in [0.15, 0.2) is 35.4 Å². The van der Waals surface area contributed by atoms with Gasteiger partial charge in [0.15, 0.2) is 5.11 Å². The van der Waals surface area contributed by atoms with Crippen LogP contribution in [-0.2, 0) is 0 Å². The number of nitro groups is 1. The highest BCUT2D eigenvalue weighted by Gasteiger charge is 2.12. The van der Waals surface area contributed by atoms with Crippen molar-refractivity contribution in [2.24, 2.45) is 10.8 Å². The van der Waals surface area contributed by atoms with Gasteiger partial charge < -0.3 is 10.3 Å². The first-order valence-electron chi connectivity index (χ1n) is 6.42. The lowest BCUT2D eigenvalue weighted by atomic mass is 10.2. The molecule has 0 bridgehead atoms. The maximum Gasteiger partial charge on any atom is 0.271 e. The highest BCUT2D eigenvalue weighted by atomic mass is 32.1. The third-order valence-electron chi connectivity index (χ3n) is 3.15. The van der Waals surface area contributed by atoms with Crippen molar-refractivity contribution in [3.63, 3.8) is 0 Å². The number of hydrogen-bond acceptors (Lipinski definition) is 4. The first kappa shape index (κ1) is 15.6. The van der Waals surface area contributed by atoms with Crippen LogP contribution in [0.4, 0.5) is 5.69 Å². The van der Waals surface area contributed by atoms with Crippen molar-refractivity contribution in [2.75, 3.05) is 0 Å². The number of nitrogens with two attached hydrogens (primary N) is 1. The Labute approximate surface area is 132 Å². The third kappa shape index (κ3) is 3.29. The molecular weight excluding hydrogens is 302 g/mol. The van der Waals surface area contributed by atoms with Gasteiger partial charge in [0, 0.05) is 29.1 Å². The van der Waals surface area contributed by atoms with E-state index < -0.39 is 4.92 Å². The number of nitrogens with zero attached hydrogens (tertiary/aromatic N) is 3. The molecule has 2 aromatic rings. The van der Waals surface area contributed by atoms with Crippen LogP contribution in [0.2, 0.25) is 0 Å². The van der Waals surface area contributed by atoms with E-state index in [2.05, 4.69) is 22.7 Å². The quantitative estimate of drug-likeness (QED) is 0.390. The normalized spacial score (nSPS) is 10.8. The van der Waals surface area contributed by atoms with Crippen molar-refractivity contribution < 1.29 is 4.92 Å². The predicted molar refractivity (Wildman–Crippen MR) is 89.4 cm³/mol. The summed E-state index contributed by atoms with van der Waals surface area (Å²) in [6.07, 6.45) is 1.61. The number of rotatable bonds is 4. The minimum absolute atomic E-state index is 0.0513. The summed E-state index contributed by atoms with van der Waals surface area (Å²) in [4.78, 5) is 10.5. The van der Waals surface area contributed by atoms with Gasteiger partial charge >= 0.3 is 0 Å². The van der Waals surface area contributed by atoms with Gasteiger partial charge in [-0.05, 0) is 38.2 Å². The van der Waals surface area contributed by atoms with Crippen molar-refractivity contribution in [2.45, 2.75) is 13.8 Å². The molecule has 7 nitrogen and oxygen atoms in total. The molecular formula is C14H15N5O2S. The van der Waals surface area contributed by atoms with Gasteiger partial charge in [0.05, 0.1) is 16.8 Å². The molecule has 0 atom stereocenters. The molecule has 8 heteroatoms. The molecule has 0 amide bonds. The van der Waals surface area contributed by atoms with Crippen LogP contribution in [0.25, 0.3) is 5.69 Å². The predicted octanol–water partition coefficient (Wildman–Crippen LogP) is 2.17. The van der Waals surface area contributed by atoms with Crippen LogP contribution in [-0.4, -0.2) is 20.8 Å². The summed E-state index contributed by atoms with van der Waals surface area (Å²) in [6, 6.07) is 8.41. The molecule has 1 aromatic heterocycles. The highest BCUT2D eigenvalue weighted by molar-refractivity contribution is 7.80. The monoisotopic (exact) mass is 317 g/mol. The fourth-order valence-corrected chi connectivity index (χ4v) is 2.28. The van der Waals surface area contributed by atoms with Crippen molar-refractivity contribution in [3.05, 3.63) is 57.4 Å². The standard InChI is InChI=1S/C14H15N5O2S/c1-9-6-11(8-16-17-14(15)22)10(2)18(9)12-4-3-5-13(7-12)19(20)21/h3-8H,1-2H3,(H3,15,17,22)/b16-8+. The van der Waals surface area contributed by atoms with E-state index in [0.717, 1.165) is 22.6 Å². The Kier molecular flexibility index (Phi) is 4.52. The Morgan fingerprint density at radius 3 is 2.82 bits per heavy atom. The molecule has 0 saturated heterocycles. The molecule has 3 N–H and O–H groups in total. The Bertz CT molecular complexity index is 767. The molecule has 1 heterocycles. The minimum Gasteiger partial charge on any atom is -0.375 e. The summed E-state index contributed by atoms with van der Waals surface area (Å²) in [5.74, 6) is 0. The van der Waals surface area contributed by atoms with Crippen LogP contribution in [0, 0.1) is 24.0 Å². The average molecular weight is 317 g/mol. The van der Waals surface area contributed by atoms with E-state index in [1.807, 2.05) is 30.5 Å². The summed E-state index contributed by atoms with van der Waals surface area (Å²) < 4.78 is 1.93. The zero-order chi connectivity index (χ0) is 16.3. The van der Waals surface area contributed by atoms with E-state index in [-0.39, 0.29) is 10.8 Å². The van der Waals surface area contributed by atoms with Gasteiger partial charge in [-0.3, -0.25) is 15.5 Å². The Morgan fingerprint density at radius 2 is 2.18 bits per heavy atom. The molecule has 0 saturated carbocycles. The van der Waals surface area contributed by atoms with Crippen LogP contribution in [0.1, 0.15) is 17.0 Å². The SMILES string of the molecule is Cc1cc(/C=N/NC(N)=S)c(C)n1-c1cccc([N+](=O)[O-])c1. The molecule has 0 fully saturated rings. The number of thiocarbonyl (C=S) groups is 1. The van der Waals surface area contributed by atoms with Gasteiger partial charge in [0.1, 0.15) is 0 Å². The number of aryl methyl sites for hydroxylation is 1. The van der Waals surface area contributed by atoms with Crippen molar-refractivity contribution in [1.82, 2.24) is 9.99 Å². The van der Waals surface area contributed by atoms with Gasteiger partial charge in [-0.15, -0.1) is 0 Å². The van der Waals surface area contributed by atoms with Gasteiger partial charge in [-0.2, -0.15) is 5.10 Å². The zero-order valence-electron chi connectivity index (χ0n) is 12.1. The van der Waals surface area contributed by atoms with E-state index in [9.17, 15) is 10.1 Å². The van der Waals surface area contributed by atoms with Gasteiger partial charge in [-0.1, -0.05) is 6.07 Å². The summed E-state index contributed by atoms with van der Waals surface area (Å²) >= 11 is 4.67. The average Bonchev–Trinajstić information content (AvgIpc) is 2.73. The molecule has 2 rings (SSSR count). The van der Waals surface area contributed by atoms with Crippen LogP contribution in [0.3, 0.4) is 0 Å². The molecule has 1 aromatic carbocycles. The van der Waals surface area contributed by atoms with Gasteiger partial charge in [0.25, 0.3) is 5.69 Å². The van der Waals surface area contributed by atoms with E-state index in [0.29, 0.717) is 0 Å². The van der Waals surface area contributed by atoms with Gasteiger partial charge in [-0.25, -0.2) is 0 Å². The largest absolute Gasteiger partial charge is 0.375 e. The fourth-order valence-electron chi connectivity index (χ4n) is 2.23. The topological polar surface area (TPSA) is 98.5 Å². The first-order chi connectivity index (χ1) is 10.4. The lowest BCUT2D eigenvalue weighted by Gasteiger charge is -2.09. The number of non-ortho nitro benzene ring substituents is 1. The van der Waals surface area contributed by atoms with Crippen LogP contribution < -0.4 is 11.2 Å². The summed E-state index contributed by atoms with van der Waals surface area (Å²) in [6.45, 7) is 3.83. The fraction of sp³-hybridized carbons (Fsp3) is 0.143. The second kappa shape index (κ2) is 6.35. The van der Waals surface area contributed by atoms with Crippen molar-refractivity contribution in [3.8, 4) is 5.69 Å². The second-order valence-electron chi connectivity index (χ2n) is 4.67. The van der Waals surface area contributed by atoms with Crippen molar-refractivity contribution >= 4 is 29.2 Å².